The molecule has 0 saturated carbocycles. The highest BCUT2D eigenvalue weighted by molar-refractivity contribution is 5.89. The van der Waals surface area contributed by atoms with Crippen LogP contribution < -0.4 is 15.2 Å². The molecule has 0 bridgehead atoms. The van der Waals surface area contributed by atoms with Gasteiger partial charge in [0.2, 0.25) is 0 Å². The SMILES string of the molecule is CCC(=O)/C=C\C(CC)(CC)c1cc(OC)c(OCc2ccccc2)cc1CN. The second kappa shape index (κ2) is 10.8. The molecular formula is C25H33NO3. The van der Waals surface area contributed by atoms with E-state index >= 15 is 0 Å². The Bertz CT molecular complexity index is 823. The van der Waals surface area contributed by atoms with Crippen molar-refractivity contribution in [3.05, 3.63) is 71.3 Å². The van der Waals surface area contributed by atoms with E-state index in [0.717, 1.165) is 29.5 Å². The van der Waals surface area contributed by atoms with Crippen LogP contribution in [0.1, 0.15) is 56.7 Å². The number of benzene rings is 2. The van der Waals surface area contributed by atoms with Gasteiger partial charge in [0.1, 0.15) is 6.61 Å². The molecule has 0 fully saturated rings. The Balaban J connectivity index is 2.45. The van der Waals surface area contributed by atoms with Gasteiger partial charge < -0.3 is 15.2 Å². The molecule has 0 radical (unpaired) electrons. The maximum absolute atomic E-state index is 11.9. The minimum absolute atomic E-state index is 0.125. The van der Waals surface area contributed by atoms with Crippen LogP contribution in [0.2, 0.25) is 0 Å². The molecule has 2 aromatic carbocycles. The second-order valence-corrected chi connectivity index (χ2v) is 7.16. The number of nitrogens with two attached hydrogens (primary N) is 1. The molecule has 4 heteroatoms. The molecule has 2 rings (SSSR count). The van der Waals surface area contributed by atoms with E-state index in [-0.39, 0.29) is 11.2 Å². The van der Waals surface area contributed by atoms with Crippen LogP contribution in [0.4, 0.5) is 0 Å². The first-order chi connectivity index (χ1) is 14.0. The van der Waals surface area contributed by atoms with Crippen molar-refractivity contribution < 1.29 is 14.3 Å². The second-order valence-electron chi connectivity index (χ2n) is 7.16. The molecule has 4 nitrogen and oxygen atoms in total. The highest BCUT2D eigenvalue weighted by Gasteiger charge is 2.29. The molecule has 0 heterocycles. The Morgan fingerprint density at radius 3 is 2.31 bits per heavy atom. The monoisotopic (exact) mass is 395 g/mol. The van der Waals surface area contributed by atoms with E-state index in [0.29, 0.717) is 31.1 Å². The molecule has 0 unspecified atom stereocenters. The van der Waals surface area contributed by atoms with Crippen molar-refractivity contribution in [2.45, 2.75) is 58.6 Å². The number of carbonyl (C=O) groups excluding carboxylic acids is 1. The van der Waals surface area contributed by atoms with Crippen LogP contribution in [0.25, 0.3) is 0 Å². The summed E-state index contributed by atoms with van der Waals surface area (Å²) < 4.78 is 11.7. The number of hydrogen-bond acceptors (Lipinski definition) is 4. The van der Waals surface area contributed by atoms with E-state index in [2.05, 4.69) is 13.8 Å². The van der Waals surface area contributed by atoms with Crippen LogP contribution in [-0.4, -0.2) is 12.9 Å². The van der Waals surface area contributed by atoms with Crippen molar-refractivity contribution in [2.24, 2.45) is 5.73 Å². The van der Waals surface area contributed by atoms with Crippen molar-refractivity contribution in [2.75, 3.05) is 7.11 Å². The molecule has 0 aliphatic carbocycles. The van der Waals surface area contributed by atoms with Crippen molar-refractivity contribution in [1.29, 1.82) is 0 Å². The Morgan fingerprint density at radius 2 is 1.76 bits per heavy atom. The van der Waals surface area contributed by atoms with Gasteiger partial charge in [-0.15, -0.1) is 0 Å². The summed E-state index contributed by atoms with van der Waals surface area (Å²) in [7, 11) is 1.65. The van der Waals surface area contributed by atoms with E-state index < -0.39 is 0 Å². The van der Waals surface area contributed by atoms with Crippen molar-refractivity contribution in [3.63, 3.8) is 0 Å². The highest BCUT2D eigenvalue weighted by atomic mass is 16.5. The fourth-order valence-electron chi connectivity index (χ4n) is 3.57. The Hall–Kier alpha value is -2.59. The van der Waals surface area contributed by atoms with Gasteiger partial charge in [0.05, 0.1) is 7.11 Å². The van der Waals surface area contributed by atoms with Gasteiger partial charge in [-0.1, -0.05) is 57.2 Å². The van der Waals surface area contributed by atoms with Gasteiger partial charge in [-0.25, -0.2) is 0 Å². The Kier molecular flexibility index (Phi) is 8.47. The molecule has 0 saturated heterocycles. The quantitative estimate of drug-likeness (QED) is 0.523. The molecule has 2 aromatic rings. The lowest BCUT2D eigenvalue weighted by Crippen LogP contribution is -2.25. The summed E-state index contributed by atoms with van der Waals surface area (Å²) in [6.07, 6.45) is 5.96. The van der Waals surface area contributed by atoms with Crippen LogP contribution in [0, 0.1) is 0 Å². The fraction of sp³-hybridized carbons (Fsp3) is 0.400. The molecule has 0 amide bonds. The highest BCUT2D eigenvalue weighted by Crippen LogP contribution is 2.41. The summed E-state index contributed by atoms with van der Waals surface area (Å²) in [6, 6.07) is 14.0. The summed E-state index contributed by atoms with van der Waals surface area (Å²) >= 11 is 0. The lowest BCUT2D eigenvalue weighted by atomic mass is 9.73. The number of carbonyl (C=O) groups is 1. The minimum Gasteiger partial charge on any atom is -0.493 e. The lowest BCUT2D eigenvalue weighted by molar-refractivity contribution is -0.114. The van der Waals surface area contributed by atoms with Crippen LogP contribution in [0.15, 0.2) is 54.6 Å². The molecular weight excluding hydrogens is 362 g/mol. The topological polar surface area (TPSA) is 61.5 Å². The van der Waals surface area contributed by atoms with Gasteiger partial charge in [0.15, 0.2) is 17.3 Å². The van der Waals surface area contributed by atoms with Crippen molar-refractivity contribution >= 4 is 5.78 Å². The molecule has 0 spiro atoms. The van der Waals surface area contributed by atoms with E-state index in [1.165, 1.54) is 0 Å². The number of hydrogen-bond donors (Lipinski definition) is 1. The third kappa shape index (κ3) is 5.48. The van der Waals surface area contributed by atoms with E-state index in [1.54, 1.807) is 13.2 Å². The summed E-state index contributed by atoms with van der Waals surface area (Å²) in [6.45, 7) is 6.99. The molecule has 0 aromatic heterocycles. The predicted octanol–water partition coefficient (Wildman–Crippen LogP) is 5.33. The van der Waals surface area contributed by atoms with Gasteiger partial charge in [-0.05, 0) is 47.7 Å². The van der Waals surface area contributed by atoms with Crippen LogP contribution >= 0.6 is 0 Å². The number of rotatable bonds is 11. The van der Waals surface area contributed by atoms with E-state index in [4.69, 9.17) is 15.2 Å². The first-order valence-electron chi connectivity index (χ1n) is 10.3. The minimum atomic E-state index is -0.273. The normalized spacial score (nSPS) is 11.6. The van der Waals surface area contributed by atoms with Gasteiger partial charge in [0.25, 0.3) is 0 Å². The fourth-order valence-corrected chi connectivity index (χ4v) is 3.57. The van der Waals surface area contributed by atoms with Crippen molar-refractivity contribution in [3.8, 4) is 11.5 Å². The van der Waals surface area contributed by atoms with Crippen molar-refractivity contribution in [1.82, 2.24) is 0 Å². The molecule has 0 aliphatic rings. The maximum Gasteiger partial charge on any atom is 0.162 e. The van der Waals surface area contributed by atoms with Crippen LogP contribution in [0.5, 0.6) is 11.5 Å². The van der Waals surface area contributed by atoms with Gasteiger partial charge in [-0.2, -0.15) is 0 Å². The van der Waals surface area contributed by atoms with Gasteiger partial charge in [-0.3, -0.25) is 4.79 Å². The zero-order valence-electron chi connectivity index (χ0n) is 18.0. The zero-order valence-corrected chi connectivity index (χ0v) is 18.0. The average Bonchev–Trinajstić information content (AvgIpc) is 2.78. The first kappa shape index (κ1) is 22.7. The van der Waals surface area contributed by atoms with Gasteiger partial charge in [0, 0.05) is 18.4 Å². The Morgan fingerprint density at radius 1 is 1.07 bits per heavy atom. The molecule has 2 N–H and O–H groups in total. The number of ether oxygens (including phenoxy) is 2. The molecule has 0 atom stereocenters. The smallest absolute Gasteiger partial charge is 0.162 e. The first-order valence-corrected chi connectivity index (χ1v) is 10.3. The summed E-state index contributed by atoms with van der Waals surface area (Å²) in [5.74, 6) is 1.48. The van der Waals surface area contributed by atoms with Crippen LogP contribution in [0.3, 0.4) is 0 Å². The average molecular weight is 396 g/mol. The third-order valence-electron chi connectivity index (χ3n) is 5.58. The summed E-state index contributed by atoms with van der Waals surface area (Å²) in [5, 5.41) is 0. The lowest BCUT2D eigenvalue weighted by Gasteiger charge is -2.32. The summed E-state index contributed by atoms with van der Waals surface area (Å²) in [5.41, 5.74) is 9.03. The van der Waals surface area contributed by atoms with E-state index in [9.17, 15) is 4.79 Å². The third-order valence-corrected chi connectivity index (χ3v) is 5.58. The molecule has 0 aliphatic heterocycles. The number of methoxy groups -OCH3 is 1. The number of ketones is 1. The van der Waals surface area contributed by atoms with Gasteiger partial charge >= 0.3 is 0 Å². The largest absolute Gasteiger partial charge is 0.493 e. The standard InChI is InChI=1S/C25H33NO3/c1-5-21(27)13-14-25(6-2,7-3)22-16-23(28-4)24(15-20(22)17-26)29-18-19-11-9-8-10-12-19/h8-16H,5-7,17-18,26H2,1-4H3/b14-13-. The Labute approximate surface area is 174 Å². The van der Waals surface area contributed by atoms with Crippen LogP contribution in [-0.2, 0) is 23.4 Å². The molecule has 156 valence electrons. The maximum atomic E-state index is 11.9. The number of allylic oxidation sites excluding steroid dienone is 2. The van der Waals surface area contributed by atoms with E-state index in [1.807, 2.05) is 55.5 Å². The summed E-state index contributed by atoms with van der Waals surface area (Å²) in [4.78, 5) is 11.9. The predicted molar refractivity (Wildman–Crippen MR) is 118 cm³/mol. The molecule has 29 heavy (non-hydrogen) atoms. The zero-order chi connectivity index (χ0) is 21.3.